The van der Waals surface area contributed by atoms with Gasteiger partial charge < -0.3 is 14.6 Å². The minimum Gasteiger partial charge on any atom is -0.311 e. The summed E-state index contributed by atoms with van der Waals surface area (Å²) in [5.74, 6) is 0. The molecule has 1 N–H and O–H groups in total. The summed E-state index contributed by atoms with van der Waals surface area (Å²) in [6.45, 7) is 6.76. The second-order valence-electron chi connectivity index (χ2n) is 6.42. The average molecular weight is 272 g/mol. The lowest BCUT2D eigenvalue weighted by Crippen LogP contribution is -2.41. The molecule has 1 aliphatic heterocycles. The molecule has 0 amide bonds. The molecule has 4 heteroatoms. The fourth-order valence-corrected chi connectivity index (χ4v) is 2.90. The number of aromatic nitrogens is 2. The predicted molar refractivity (Wildman–Crippen MR) is 81.7 cm³/mol. The second-order valence-corrected chi connectivity index (χ2v) is 6.42. The number of fused-ring (bicyclic) bond motifs is 1. The van der Waals surface area contributed by atoms with Gasteiger partial charge in [-0.2, -0.15) is 0 Å². The van der Waals surface area contributed by atoms with Crippen LogP contribution in [0.4, 0.5) is 0 Å². The van der Waals surface area contributed by atoms with Crippen molar-refractivity contribution in [2.24, 2.45) is 5.41 Å². The first kappa shape index (κ1) is 13.6. The molecular weight excluding hydrogens is 248 g/mol. The lowest BCUT2D eigenvalue weighted by Gasteiger charge is -2.38. The van der Waals surface area contributed by atoms with Crippen LogP contribution >= 0.6 is 0 Å². The largest absolute Gasteiger partial charge is 0.311 e. The number of imidazole rings is 1. The zero-order valence-electron chi connectivity index (χ0n) is 12.5. The fourth-order valence-electron chi connectivity index (χ4n) is 2.90. The number of nitrogens with zero attached hydrogens (tertiary/aromatic N) is 3. The zero-order chi connectivity index (χ0) is 14.0. The first-order chi connectivity index (χ1) is 9.65. The van der Waals surface area contributed by atoms with Crippen molar-refractivity contribution in [1.29, 1.82) is 0 Å². The lowest BCUT2D eigenvalue weighted by molar-refractivity contribution is 0.136. The van der Waals surface area contributed by atoms with Crippen LogP contribution in [0.5, 0.6) is 0 Å². The highest BCUT2D eigenvalue weighted by Gasteiger charge is 2.28. The SMILES string of the molecule is CN1CCC(C)(CNCc2cn3ccccc3n2)CC1. The van der Waals surface area contributed by atoms with E-state index in [0.717, 1.165) is 24.4 Å². The van der Waals surface area contributed by atoms with Gasteiger partial charge in [-0.05, 0) is 50.5 Å². The van der Waals surface area contributed by atoms with E-state index in [1.807, 2.05) is 24.4 Å². The van der Waals surface area contributed by atoms with Crippen LogP contribution < -0.4 is 5.32 Å². The Morgan fingerprint density at radius 3 is 2.85 bits per heavy atom. The van der Waals surface area contributed by atoms with Gasteiger partial charge in [0, 0.05) is 25.5 Å². The van der Waals surface area contributed by atoms with Crippen LogP contribution in [0.3, 0.4) is 0 Å². The van der Waals surface area contributed by atoms with Gasteiger partial charge in [-0.15, -0.1) is 0 Å². The van der Waals surface area contributed by atoms with Crippen molar-refractivity contribution in [3.8, 4) is 0 Å². The summed E-state index contributed by atoms with van der Waals surface area (Å²) >= 11 is 0. The minimum atomic E-state index is 0.436. The van der Waals surface area contributed by atoms with Crippen molar-refractivity contribution in [3.63, 3.8) is 0 Å². The molecule has 2 aromatic heterocycles. The van der Waals surface area contributed by atoms with E-state index in [2.05, 4.69) is 39.8 Å². The van der Waals surface area contributed by atoms with Gasteiger partial charge in [-0.3, -0.25) is 0 Å². The molecule has 1 aliphatic rings. The maximum absolute atomic E-state index is 4.62. The molecular formula is C16H24N4. The van der Waals surface area contributed by atoms with Crippen LogP contribution in [-0.4, -0.2) is 41.0 Å². The third-order valence-corrected chi connectivity index (χ3v) is 4.47. The Labute approximate surface area is 120 Å². The summed E-state index contributed by atoms with van der Waals surface area (Å²) in [6, 6.07) is 6.10. The van der Waals surface area contributed by atoms with Gasteiger partial charge in [-0.25, -0.2) is 4.98 Å². The molecule has 0 atom stereocenters. The fraction of sp³-hybridized carbons (Fsp3) is 0.562. The molecule has 3 rings (SSSR count). The average Bonchev–Trinajstić information content (AvgIpc) is 2.85. The summed E-state index contributed by atoms with van der Waals surface area (Å²) < 4.78 is 2.08. The summed E-state index contributed by atoms with van der Waals surface area (Å²) in [7, 11) is 2.21. The highest BCUT2D eigenvalue weighted by atomic mass is 15.1. The van der Waals surface area contributed by atoms with Gasteiger partial charge in [0.2, 0.25) is 0 Å². The normalized spacial score (nSPS) is 19.5. The van der Waals surface area contributed by atoms with E-state index < -0.39 is 0 Å². The Hall–Kier alpha value is -1.39. The van der Waals surface area contributed by atoms with Crippen molar-refractivity contribution < 1.29 is 0 Å². The van der Waals surface area contributed by atoms with Crippen molar-refractivity contribution in [2.45, 2.75) is 26.3 Å². The summed E-state index contributed by atoms with van der Waals surface area (Å²) in [5, 5.41) is 3.59. The van der Waals surface area contributed by atoms with Crippen LogP contribution in [0.1, 0.15) is 25.5 Å². The van der Waals surface area contributed by atoms with Crippen LogP contribution in [0, 0.1) is 5.41 Å². The molecule has 20 heavy (non-hydrogen) atoms. The topological polar surface area (TPSA) is 32.6 Å². The monoisotopic (exact) mass is 272 g/mol. The van der Waals surface area contributed by atoms with Crippen LogP contribution in [0.25, 0.3) is 5.65 Å². The molecule has 0 unspecified atom stereocenters. The number of nitrogens with one attached hydrogen (secondary N) is 1. The summed E-state index contributed by atoms with van der Waals surface area (Å²) in [4.78, 5) is 7.04. The number of likely N-dealkylation sites (tertiary alicyclic amines) is 1. The van der Waals surface area contributed by atoms with Gasteiger partial charge in [0.15, 0.2) is 0 Å². The standard InChI is InChI=1S/C16H24N4/c1-16(6-9-19(2)10-7-16)13-17-11-14-12-20-8-4-3-5-15(20)18-14/h3-5,8,12,17H,6-7,9-11,13H2,1-2H3. The van der Waals surface area contributed by atoms with Crippen LogP contribution in [0.2, 0.25) is 0 Å². The van der Waals surface area contributed by atoms with Crippen molar-refractivity contribution >= 4 is 5.65 Å². The molecule has 0 spiro atoms. The van der Waals surface area contributed by atoms with E-state index >= 15 is 0 Å². The Morgan fingerprint density at radius 1 is 1.30 bits per heavy atom. The van der Waals surface area contributed by atoms with Gasteiger partial charge in [0.1, 0.15) is 5.65 Å². The maximum Gasteiger partial charge on any atom is 0.137 e. The Balaban J connectivity index is 1.54. The van der Waals surface area contributed by atoms with E-state index in [1.165, 1.54) is 25.9 Å². The number of hydrogen-bond acceptors (Lipinski definition) is 3. The first-order valence-electron chi connectivity index (χ1n) is 7.47. The first-order valence-corrected chi connectivity index (χ1v) is 7.47. The summed E-state index contributed by atoms with van der Waals surface area (Å²) in [5.41, 5.74) is 2.58. The number of rotatable bonds is 4. The van der Waals surface area contributed by atoms with E-state index in [9.17, 15) is 0 Å². The van der Waals surface area contributed by atoms with E-state index in [-0.39, 0.29) is 0 Å². The minimum absolute atomic E-state index is 0.436. The van der Waals surface area contributed by atoms with E-state index in [4.69, 9.17) is 0 Å². The number of hydrogen-bond donors (Lipinski definition) is 1. The summed E-state index contributed by atoms with van der Waals surface area (Å²) in [6.07, 6.45) is 6.72. The molecule has 4 nitrogen and oxygen atoms in total. The van der Waals surface area contributed by atoms with Crippen LogP contribution in [0.15, 0.2) is 30.6 Å². The highest BCUT2D eigenvalue weighted by Crippen LogP contribution is 2.29. The Bertz CT molecular complexity index is 534. The molecule has 0 bridgehead atoms. The molecule has 3 heterocycles. The molecule has 108 valence electrons. The third kappa shape index (κ3) is 3.02. The van der Waals surface area contributed by atoms with Gasteiger partial charge >= 0.3 is 0 Å². The number of pyridine rings is 1. The molecule has 0 aromatic carbocycles. The zero-order valence-corrected chi connectivity index (χ0v) is 12.5. The quantitative estimate of drug-likeness (QED) is 0.926. The molecule has 1 fully saturated rings. The Kier molecular flexibility index (Phi) is 3.76. The highest BCUT2D eigenvalue weighted by molar-refractivity contribution is 5.39. The predicted octanol–water partition coefficient (Wildman–Crippen LogP) is 2.16. The van der Waals surface area contributed by atoms with E-state index in [0.29, 0.717) is 5.41 Å². The maximum atomic E-state index is 4.62. The second kappa shape index (κ2) is 5.54. The van der Waals surface area contributed by atoms with E-state index in [1.54, 1.807) is 0 Å². The molecule has 2 aromatic rings. The number of piperidine rings is 1. The third-order valence-electron chi connectivity index (χ3n) is 4.47. The molecule has 0 aliphatic carbocycles. The van der Waals surface area contributed by atoms with Crippen LogP contribution in [-0.2, 0) is 6.54 Å². The van der Waals surface area contributed by atoms with Crippen molar-refractivity contribution in [1.82, 2.24) is 19.6 Å². The van der Waals surface area contributed by atoms with Gasteiger partial charge in [-0.1, -0.05) is 13.0 Å². The smallest absolute Gasteiger partial charge is 0.137 e. The lowest BCUT2D eigenvalue weighted by atomic mass is 9.80. The van der Waals surface area contributed by atoms with Gasteiger partial charge in [0.05, 0.1) is 5.69 Å². The van der Waals surface area contributed by atoms with Crippen molar-refractivity contribution in [2.75, 3.05) is 26.7 Å². The molecule has 1 saturated heterocycles. The van der Waals surface area contributed by atoms with Crippen molar-refractivity contribution in [3.05, 3.63) is 36.3 Å². The Morgan fingerprint density at radius 2 is 2.10 bits per heavy atom. The van der Waals surface area contributed by atoms with Gasteiger partial charge in [0.25, 0.3) is 0 Å². The molecule has 0 radical (unpaired) electrons. The molecule has 0 saturated carbocycles.